The van der Waals surface area contributed by atoms with Gasteiger partial charge in [-0.1, -0.05) is 26.8 Å². The Morgan fingerprint density at radius 2 is 1.73 bits per heavy atom. The fourth-order valence-corrected chi connectivity index (χ4v) is 2.02. The molecule has 0 spiro atoms. The molecule has 0 aromatic heterocycles. The number of halogens is 1. The van der Waals surface area contributed by atoms with Crippen molar-refractivity contribution >= 4 is 9.84 Å². The van der Waals surface area contributed by atoms with Crippen molar-refractivity contribution in [3.63, 3.8) is 0 Å². The normalized spacial score (nSPS) is 12.9. The summed E-state index contributed by atoms with van der Waals surface area (Å²) in [4.78, 5) is -0.227. The van der Waals surface area contributed by atoms with Gasteiger partial charge in [0.05, 0.1) is 0 Å². The Kier molecular flexibility index (Phi) is 2.92. The van der Waals surface area contributed by atoms with Crippen molar-refractivity contribution in [2.24, 2.45) is 0 Å². The molecule has 84 valence electrons. The van der Waals surface area contributed by atoms with Crippen LogP contribution in [-0.2, 0) is 15.3 Å². The summed E-state index contributed by atoms with van der Waals surface area (Å²) < 4.78 is 35.9. The van der Waals surface area contributed by atoms with Crippen LogP contribution < -0.4 is 0 Å². The Bertz CT molecular complexity index is 470. The number of benzene rings is 1. The summed E-state index contributed by atoms with van der Waals surface area (Å²) in [6.45, 7) is 5.85. The quantitative estimate of drug-likeness (QED) is 0.743. The van der Waals surface area contributed by atoms with Crippen LogP contribution in [0.3, 0.4) is 0 Å². The lowest BCUT2D eigenvalue weighted by atomic mass is 9.87. The van der Waals surface area contributed by atoms with Gasteiger partial charge >= 0.3 is 0 Å². The van der Waals surface area contributed by atoms with E-state index in [1.54, 1.807) is 6.07 Å². The zero-order valence-electron chi connectivity index (χ0n) is 9.33. The first-order valence-corrected chi connectivity index (χ1v) is 6.51. The average molecular weight is 230 g/mol. The first-order chi connectivity index (χ1) is 6.62. The van der Waals surface area contributed by atoms with Crippen molar-refractivity contribution in [3.8, 4) is 0 Å². The zero-order valence-corrected chi connectivity index (χ0v) is 10.2. The van der Waals surface area contributed by atoms with Crippen LogP contribution in [-0.4, -0.2) is 14.7 Å². The molecule has 15 heavy (non-hydrogen) atoms. The van der Waals surface area contributed by atoms with Crippen LogP contribution in [0.5, 0.6) is 0 Å². The smallest absolute Gasteiger partial charge is 0.178 e. The maximum absolute atomic E-state index is 13.3. The number of hydrogen-bond donors (Lipinski definition) is 0. The van der Waals surface area contributed by atoms with Gasteiger partial charge in [0.1, 0.15) is 10.7 Å². The summed E-state index contributed by atoms with van der Waals surface area (Å²) in [6, 6.07) is 4.23. The molecule has 1 aromatic carbocycles. The highest BCUT2D eigenvalue weighted by atomic mass is 32.2. The second-order valence-corrected chi connectivity index (χ2v) is 6.65. The van der Waals surface area contributed by atoms with E-state index in [1.165, 1.54) is 12.1 Å². The third-order valence-corrected chi connectivity index (χ3v) is 3.31. The van der Waals surface area contributed by atoms with Gasteiger partial charge in [0.25, 0.3) is 0 Å². The second kappa shape index (κ2) is 3.59. The molecule has 0 atom stereocenters. The highest BCUT2D eigenvalue weighted by Gasteiger charge is 2.19. The van der Waals surface area contributed by atoms with Crippen molar-refractivity contribution in [1.82, 2.24) is 0 Å². The highest BCUT2D eigenvalue weighted by Crippen LogP contribution is 2.26. The molecule has 0 saturated heterocycles. The van der Waals surface area contributed by atoms with Gasteiger partial charge < -0.3 is 0 Å². The van der Waals surface area contributed by atoms with Crippen LogP contribution in [0.1, 0.15) is 26.3 Å². The Labute approximate surface area is 90.0 Å². The molecule has 0 unspecified atom stereocenters. The lowest BCUT2D eigenvalue weighted by Crippen LogP contribution is -2.13. The number of sulfone groups is 1. The predicted molar refractivity (Wildman–Crippen MR) is 58.2 cm³/mol. The van der Waals surface area contributed by atoms with Crippen LogP contribution in [0.25, 0.3) is 0 Å². The van der Waals surface area contributed by atoms with E-state index in [4.69, 9.17) is 0 Å². The standard InChI is InChI=1S/C11H15FO2S/c1-11(2,3)8-5-6-9(12)10(7-8)15(4,13)14/h5-7H,1-4H3. The molecule has 2 nitrogen and oxygen atoms in total. The molecule has 0 fully saturated rings. The third-order valence-electron chi connectivity index (χ3n) is 2.20. The molecule has 1 rings (SSSR count). The van der Waals surface area contributed by atoms with Crippen molar-refractivity contribution in [2.75, 3.05) is 6.26 Å². The molecular weight excluding hydrogens is 215 g/mol. The van der Waals surface area contributed by atoms with Crippen LogP contribution in [0.15, 0.2) is 23.1 Å². The molecule has 0 aliphatic rings. The molecule has 0 bridgehead atoms. The zero-order chi connectivity index (χ0) is 11.9. The van der Waals surface area contributed by atoms with E-state index < -0.39 is 15.7 Å². The van der Waals surface area contributed by atoms with Crippen LogP contribution >= 0.6 is 0 Å². The van der Waals surface area contributed by atoms with E-state index in [9.17, 15) is 12.8 Å². The third kappa shape index (κ3) is 2.78. The van der Waals surface area contributed by atoms with E-state index in [1.807, 2.05) is 20.8 Å². The van der Waals surface area contributed by atoms with Gasteiger partial charge in [0, 0.05) is 6.26 Å². The molecule has 0 radical (unpaired) electrons. The number of rotatable bonds is 1. The van der Waals surface area contributed by atoms with Gasteiger partial charge in [-0.3, -0.25) is 0 Å². The second-order valence-electron chi connectivity index (χ2n) is 4.67. The van der Waals surface area contributed by atoms with E-state index in [-0.39, 0.29) is 10.3 Å². The molecule has 4 heteroatoms. The highest BCUT2D eigenvalue weighted by molar-refractivity contribution is 7.90. The van der Waals surface area contributed by atoms with E-state index in [0.717, 1.165) is 11.8 Å². The topological polar surface area (TPSA) is 34.1 Å². The minimum Gasteiger partial charge on any atom is -0.224 e. The molecule has 0 saturated carbocycles. The summed E-state index contributed by atoms with van der Waals surface area (Å²) in [5.74, 6) is -0.689. The first kappa shape index (κ1) is 12.2. The van der Waals surface area contributed by atoms with Crippen molar-refractivity contribution in [1.29, 1.82) is 0 Å². The average Bonchev–Trinajstić information content (AvgIpc) is 2.00. The Morgan fingerprint density at radius 3 is 2.13 bits per heavy atom. The Morgan fingerprint density at radius 1 is 1.20 bits per heavy atom. The maximum Gasteiger partial charge on any atom is 0.178 e. The van der Waals surface area contributed by atoms with Crippen LogP contribution in [0.4, 0.5) is 4.39 Å². The van der Waals surface area contributed by atoms with Crippen molar-refractivity contribution in [2.45, 2.75) is 31.1 Å². The first-order valence-electron chi connectivity index (χ1n) is 4.62. The van der Waals surface area contributed by atoms with Gasteiger partial charge in [-0.15, -0.1) is 0 Å². The van der Waals surface area contributed by atoms with Crippen LogP contribution in [0.2, 0.25) is 0 Å². The lowest BCUT2D eigenvalue weighted by molar-refractivity contribution is 0.556. The van der Waals surface area contributed by atoms with E-state index in [0.29, 0.717) is 0 Å². The molecule has 0 aliphatic heterocycles. The van der Waals surface area contributed by atoms with Crippen molar-refractivity contribution < 1.29 is 12.8 Å². The predicted octanol–water partition coefficient (Wildman–Crippen LogP) is 2.53. The number of hydrogen-bond acceptors (Lipinski definition) is 2. The van der Waals surface area contributed by atoms with E-state index >= 15 is 0 Å². The van der Waals surface area contributed by atoms with Gasteiger partial charge in [0.15, 0.2) is 9.84 Å². The van der Waals surface area contributed by atoms with E-state index in [2.05, 4.69) is 0 Å². The summed E-state index contributed by atoms with van der Waals surface area (Å²) in [7, 11) is -3.49. The summed E-state index contributed by atoms with van der Waals surface area (Å²) in [6.07, 6.45) is 1.01. The summed E-state index contributed by atoms with van der Waals surface area (Å²) >= 11 is 0. The largest absolute Gasteiger partial charge is 0.224 e. The maximum atomic E-state index is 13.3. The molecule has 0 aliphatic carbocycles. The molecule has 0 amide bonds. The monoisotopic (exact) mass is 230 g/mol. The van der Waals surface area contributed by atoms with Gasteiger partial charge in [-0.2, -0.15) is 0 Å². The minimum atomic E-state index is -3.49. The lowest BCUT2D eigenvalue weighted by Gasteiger charge is -2.19. The van der Waals surface area contributed by atoms with Crippen LogP contribution in [0, 0.1) is 5.82 Å². The minimum absolute atomic E-state index is 0.187. The fourth-order valence-electron chi connectivity index (χ4n) is 1.25. The summed E-state index contributed by atoms with van der Waals surface area (Å²) in [5.41, 5.74) is 0.622. The Balaban J connectivity index is 3.43. The molecular formula is C11H15FO2S. The van der Waals surface area contributed by atoms with Crippen molar-refractivity contribution in [3.05, 3.63) is 29.6 Å². The summed E-state index contributed by atoms with van der Waals surface area (Å²) in [5, 5.41) is 0. The Hall–Kier alpha value is -0.900. The fraction of sp³-hybridized carbons (Fsp3) is 0.455. The van der Waals surface area contributed by atoms with Gasteiger partial charge in [0.2, 0.25) is 0 Å². The molecule has 0 N–H and O–H groups in total. The molecule has 1 aromatic rings. The van der Waals surface area contributed by atoms with Gasteiger partial charge in [-0.05, 0) is 23.1 Å². The SMILES string of the molecule is CC(C)(C)c1ccc(F)c(S(C)(=O)=O)c1. The van der Waals surface area contributed by atoms with Gasteiger partial charge in [-0.25, -0.2) is 12.8 Å². The molecule has 0 heterocycles.